The fourth-order valence-corrected chi connectivity index (χ4v) is 6.24. The molecule has 12 heteroatoms. The number of nitrogens with one attached hydrogen (secondary N) is 1. The van der Waals surface area contributed by atoms with E-state index in [0.29, 0.717) is 5.57 Å². The standard InChI is InChI=1S/C28H27N3O7S2/c1-17(32)37-15-20-16-40-27-28(36-2,30-24(33)21(14-29)39-3)26(35)31(27)22(20)25(34)38-23(18-10-6-4-7-11-18)19-12-8-5-9-13-19/h4-13,21,23,27H,15-16H2,1-3H3,(H,30,33)/t21?,27-,28-/m0/s1. The van der Waals surface area contributed by atoms with Gasteiger partial charge in [0.1, 0.15) is 17.7 Å². The first-order valence-corrected chi connectivity index (χ1v) is 14.5. The summed E-state index contributed by atoms with van der Waals surface area (Å²) in [7, 11) is 1.27. The average molecular weight is 582 g/mol. The Morgan fingerprint density at radius 3 is 2.25 bits per heavy atom. The van der Waals surface area contributed by atoms with E-state index >= 15 is 0 Å². The van der Waals surface area contributed by atoms with E-state index in [9.17, 15) is 24.4 Å². The van der Waals surface area contributed by atoms with Gasteiger partial charge in [0.2, 0.25) is 5.91 Å². The van der Waals surface area contributed by atoms with Crippen LogP contribution in [0.2, 0.25) is 0 Å². The van der Waals surface area contributed by atoms with Gasteiger partial charge < -0.3 is 19.5 Å². The normalized spacial score (nSPS) is 20.6. The molecule has 0 saturated carbocycles. The fraction of sp³-hybridized carbons (Fsp3) is 0.321. The quantitative estimate of drug-likeness (QED) is 0.254. The van der Waals surface area contributed by atoms with E-state index < -0.39 is 46.2 Å². The summed E-state index contributed by atoms with van der Waals surface area (Å²) >= 11 is 2.25. The molecule has 40 heavy (non-hydrogen) atoms. The summed E-state index contributed by atoms with van der Waals surface area (Å²) in [6.45, 7) is 1.02. The Morgan fingerprint density at radius 2 is 1.75 bits per heavy atom. The van der Waals surface area contributed by atoms with Crippen LogP contribution in [0, 0.1) is 11.3 Å². The highest BCUT2D eigenvalue weighted by molar-refractivity contribution is 8.00. The van der Waals surface area contributed by atoms with E-state index in [2.05, 4.69) is 5.32 Å². The van der Waals surface area contributed by atoms with E-state index in [4.69, 9.17) is 14.2 Å². The number of esters is 2. The minimum absolute atomic E-state index is 0.0736. The van der Waals surface area contributed by atoms with Crippen LogP contribution in [0.1, 0.15) is 24.2 Å². The van der Waals surface area contributed by atoms with Gasteiger partial charge in [0.15, 0.2) is 11.4 Å². The molecular formula is C28H27N3O7S2. The van der Waals surface area contributed by atoms with Crippen LogP contribution < -0.4 is 5.32 Å². The molecule has 2 amide bonds. The third-order valence-electron chi connectivity index (χ3n) is 6.40. The maximum atomic E-state index is 13.9. The molecule has 1 fully saturated rings. The molecule has 0 radical (unpaired) electrons. The van der Waals surface area contributed by atoms with E-state index in [-0.39, 0.29) is 18.1 Å². The number of nitrogens with zero attached hydrogens (tertiary/aromatic N) is 2. The third-order valence-corrected chi connectivity index (χ3v) is 8.57. The van der Waals surface area contributed by atoms with Crippen molar-refractivity contribution in [2.45, 2.75) is 29.4 Å². The number of hydrogen-bond acceptors (Lipinski definition) is 10. The molecule has 2 aromatic rings. The molecule has 2 aromatic carbocycles. The van der Waals surface area contributed by atoms with Gasteiger partial charge in [-0.3, -0.25) is 19.3 Å². The summed E-state index contributed by atoms with van der Waals surface area (Å²) < 4.78 is 16.8. The molecular weight excluding hydrogens is 554 g/mol. The highest BCUT2D eigenvalue weighted by Crippen LogP contribution is 2.47. The SMILES string of the molecule is CO[C@@]1(NC(=O)C(C#N)SC)C(=O)N2C(C(=O)OC(c3ccccc3)c3ccccc3)=C(COC(C)=O)CS[C@H]21. The van der Waals surface area contributed by atoms with Crippen LogP contribution in [0.3, 0.4) is 0 Å². The molecule has 1 unspecified atom stereocenters. The van der Waals surface area contributed by atoms with E-state index in [0.717, 1.165) is 22.9 Å². The summed E-state index contributed by atoms with van der Waals surface area (Å²) in [6.07, 6.45) is 0.817. The van der Waals surface area contributed by atoms with Gasteiger partial charge in [-0.25, -0.2) is 4.79 Å². The van der Waals surface area contributed by atoms with Crippen LogP contribution in [-0.2, 0) is 33.4 Å². The number of methoxy groups -OCH3 is 1. The lowest BCUT2D eigenvalue weighted by molar-refractivity contribution is -0.193. The number of β-lactam (4-membered cyclic amide) rings is 1. The predicted octanol–water partition coefficient (Wildman–Crippen LogP) is 2.77. The number of rotatable bonds is 10. The Labute approximate surface area is 240 Å². The first-order valence-electron chi connectivity index (χ1n) is 12.2. The van der Waals surface area contributed by atoms with Crippen LogP contribution in [0.4, 0.5) is 0 Å². The zero-order chi connectivity index (χ0) is 28.9. The Hall–Kier alpha value is -3.79. The van der Waals surface area contributed by atoms with Crippen molar-refractivity contribution in [3.63, 3.8) is 0 Å². The zero-order valence-electron chi connectivity index (χ0n) is 22.0. The van der Waals surface area contributed by atoms with Gasteiger partial charge in [0, 0.05) is 25.4 Å². The molecule has 1 saturated heterocycles. The second kappa shape index (κ2) is 12.6. The van der Waals surface area contributed by atoms with Crippen molar-refractivity contribution in [1.82, 2.24) is 10.2 Å². The Kier molecular flexibility index (Phi) is 9.19. The Morgan fingerprint density at radius 1 is 1.15 bits per heavy atom. The van der Waals surface area contributed by atoms with Crippen LogP contribution >= 0.6 is 23.5 Å². The highest BCUT2D eigenvalue weighted by Gasteiger charge is 2.67. The molecule has 10 nitrogen and oxygen atoms in total. The van der Waals surface area contributed by atoms with E-state index in [1.165, 1.54) is 30.7 Å². The number of hydrogen-bond donors (Lipinski definition) is 1. The van der Waals surface area contributed by atoms with Gasteiger partial charge in [-0.2, -0.15) is 5.26 Å². The van der Waals surface area contributed by atoms with Gasteiger partial charge in [-0.15, -0.1) is 23.5 Å². The third kappa shape index (κ3) is 5.58. The van der Waals surface area contributed by atoms with Crippen molar-refractivity contribution in [2.75, 3.05) is 25.7 Å². The summed E-state index contributed by atoms with van der Waals surface area (Å²) in [6, 6.07) is 20.2. The van der Waals surface area contributed by atoms with Crippen molar-refractivity contribution < 1.29 is 33.4 Å². The Balaban J connectivity index is 1.70. The first kappa shape index (κ1) is 29.2. The Bertz CT molecular complexity index is 1320. The van der Waals surface area contributed by atoms with Crippen molar-refractivity contribution in [3.8, 4) is 6.07 Å². The summed E-state index contributed by atoms with van der Waals surface area (Å²) in [5, 5.41) is 9.98. The number of benzene rings is 2. The lowest BCUT2D eigenvalue weighted by Crippen LogP contribution is -2.81. The van der Waals surface area contributed by atoms with Crippen molar-refractivity contribution in [3.05, 3.63) is 83.1 Å². The predicted molar refractivity (Wildman–Crippen MR) is 148 cm³/mol. The summed E-state index contributed by atoms with van der Waals surface area (Å²) in [5.41, 5.74) is -0.0401. The molecule has 0 aliphatic carbocycles. The number of carbonyl (C=O) groups is 4. The first-order chi connectivity index (χ1) is 19.3. The van der Waals surface area contributed by atoms with Gasteiger partial charge in [0.05, 0.1) is 6.07 Å². The molecule has 3 atom stereocenters. The molecule has 2 aliphatic rings. The maximum absolute atomic E-state index is 13.9. The topological polar surface area (TPSA) is 135 Å². The number of amides is 2. The van der Waals surface area contributed by atoms with Crippen LogP contribution in [-0.4, -0.2) is 70.7 Å². The highest BCUT2D eigenvalue weighted by atomic mass is 32.2. The average Bonchev–Trinajstić information content (AvgIpc) is 2.98. The van der Waals surface area contributed by atoms with Crippen LogP contribution in [0.15, 0.2) is 71.9 Å². The largest absolute Gasteiger partial charge is 0.461 e. The molecule has 0 spiro atoms. The molecule has 2 heterocycles. The van der Waals surface area contributed by atoms with Gasteiger partial charge in [0.25, 0.3) is 11.6 Å². The monoisotopic (exact) mass is 581 g/mol. The van der Waals surface area contributed by atoms with Crippen molar-refractivity contribution in [2.24, 2.45) is 0 Å². The number of nitriles is 1. The smallest absolute Gasteiger partial charge is 0.356 e. The van der Waals surface area contributed by atoms with Crippen LogP contribution in [0.5, 0.6) is 0 Å². The lowest BCUT2D eigenvalue weighted by atomic mass is 9.97. The molecule has 0 bridgehead atoms. The maximum Gasteiger partial charge on any atom is 0.356 e. The molecule has 208 valence electrons. The molecule has 2 aliphatic heterocycles. The van der Waals surface area contributed by atoms with Gasteiger partial charge in [-0.05, 0) is 17.4 Å². The minimum atomic E-state index is -1.79. The minimum Gasteiger partial charge on any atom is -0.461 e. The number of thioether (sulfide) groups is 2. The number of ether oxygens (including phenoxy) is 3. The number of fused-ring (bicyclic) bond motifs is 1. The van der Waals surface area contributed by atoms with Crippen molar-refractivity contribution >= 4 is 47.3 Å². The number of carbonyl (C=O) groups excluding carboxylic acids is 4. The zero-order valence-corrected chi connectivity index (χ0v) is 23.6. The van der Waals surface area contributed by atoms with Gasteiger partial charge >= 0.3 is 11.9 Å². The second-order valence-electron chi connectivity index (χ2n) is 8.85. The summed E-state index contributed by atoms with van der Waals surface area (Å²) in [5.74, 6) is -2.54. The van der Waals surface area contributed by atoms with E-state index in [1.807, 2.05) is 66.7 Å². The van der Waals surface area contributed by atoms with Crippen molar-refractivity contribution in [1.29, 1.82) is 5.26 Å². The lowest BCUT2D eigenvalue weighted by Gasteiger charge is -2.56. The molecule has 0 aromatic heterocycles. The van der Waals surface area contributed by atoms with Gasteiger partial charge in [-0.1, -0.05) is 60.7 Å². The fourth-order valence-electron chi connectivity index (χ4n) is 4.45. The second-order valence-corrected chi connectivity index (χ2v) is 10.9. The summed E-state index contributed by atoms with van der Waals surface area (Å²) in [4.78, 5) is 53.0. The molecule has 1 N–H and O–H groups in total. The van der Waals surface area contributed by atoms with Crippen LogP contribution in [0.25, 0.3) is 0 Å². The molecule has 4 rings (SSSR count). The van der Waals surface area contributed by atoms with E-state index in [1.54, 1.807) is 6.26 Å².